The maximum absolute atomic E-state index is 5.32. The van der Waals surface area contributed by atoms with E-state index in [1.54, 1.807) is 7.11 Å². The summed E-state index contributed by atoms with van der Waals surface area (Å²) < 4.78 is 5.86. The molecule has 2 heterocycles. The highest BCUT2D eigenvalue weighted by atomic mass is 32.2. The summed E-state index contributed by atoms with van der Waals surface area (Å²) in [6.07, 6.45) is 3.23. The zero-order chi connectivity index (χ0) is 12.4. The van der Waals surface area contributed by atoms with Crippen LogP contribution in [0.15, 0.2) is 30.5 Å². The molecule has 4 heteroatoms. The molecule has 0 radical (unpaired) electrons. The molecule has 1 aliphatic rings. The lowest BCUT2D eigenvalue weighted by atomic mass is 10.1. The van der Waals surface area contributed by atoms with Crippen molar-refractivity contribution in [2.24, 2.45) is 0 Å². The van der Waals surface area contributed by atoms with Crippen molar-refractivity contribution in [2.45, 2.75) is 11.0 Å². The van der Waals surface area contributed by atoms with Gasteiger partial charge in [0.15, 0.2) is 0 Å². The molecule has 18 heavy (non-hydrogen) atoms. The summed E-state index contributed by atoms with van der Waals surface area (Å²) in [5, 5.41) is 1.23. The molecule has 1 aromatic carbocycles. The first-order valence-electron chi connectivity index (χ1n) is 6.04. The third kappa shape index (κ3) is 2.31. The first-order chi connectivity index (χ1) is 8.88. The molecule has 1 aromatic heterocycles. The van der Waals surface area contributed by atoms with Crippen LogP contribution in [-0.2, 0) is 0 Å². The summed E-state index contributed by atoms with van der Waals surface area (Å²) in [5.41, 5.74) is 2.44. The summed E-state index contributed by atoms with van der Waals surface area (Å²) in [6.45, 7) is 0. The van der Waals surface area contributed by atoms with Gasteiger partial charge < -0.3 is 4.74 Å². The quantitative estimate of drug-likeness (QED) is 0.823. The minimum Gasteiger partial charge on any atom is -0.497 e. The fourth-order valence-corrected chi connectivity index (χ4v) is 5.11. The number of nitrogens with zero attached hydrogens (tertiary/aromatic N) is 1. The van der Waals surface area contributed by atoms with E-state index in [2.05, 4.69) is 17.1 Å². The number of fused-ring (bicyclic) bond motifs is 1. The number of benzene rings is 1. The van der Waals surface area contributed by atoms with Gasteiger partial charge in [-0.2, -0.15) is 0 Å². The van der Waals surface area contributed by atoms with Crippen molar-refractivity contribution in [1.29, 1.82) is 0 Å². The second kappa shape index (κ2) is 5.41. The number of thioether (sulfide) groups is 2. The SMILES string of the molecule is COc1ccc2nccc(C3SCCCS3)c2c1. The molecule has 0 unspecified atom stereocenters. The second-order valence-electron chi connectivity index (χ2n) is 4.21. The van der Waals surface area contributed by atoms with Gasteiger partial charge >= 0.3 is 0 Å². The third-order valence-electron chi connectivity index (χ3n) is 3.06. The van der Waals surface area contributed by atoms with E-state index in [1.165, 1.54) is 28.9 Å². The smallest absolute Gasteiger partial charge is 0.119 e. The first-order valence-corrected chi connectivity index (χ1v) is 8.14. The summed E-state index contributed by atoms with van der Waals surface area (Å²) >= 11 is 4.08. The highest BCUT2D eigenvalue weighted by Crippen LogP contribution is 2.45. The van der Waals surface area contributed by atoms with E-state index in [-0.39, 0.29) is 0 Å². The van der Waals surface area contributed by atoms with Crippen molar-refractivity contribution in [3.8, 4) is 5.75 Å². The van der Waals surface area contributed by atoms with Gasteiger partial charge in [-0.25, -0.2) is 0 Å². The maximum atomic E-state index is 5.32. The van der Waals surface area contributed by atoms with Crippen LogP contribution in [0.25, 0.3) is 10.9 Å². The van der Waals surface area contributed by atoms with Gasteiger partial charge in [-0.05, 0) is 47.8 Å². The highest BCUT2D eigenvalue weighted by Gasteiger charge is 2.19. The average molecular weight is 277 g/mol. The Labute approximate surface area is 116 Å². The number of ether oxygens (including phenoxy) is 1. The molecule has 1 aliphatic heterocycles. The van der Waals surface area contributed by atoms with Crippen LogP contribution in [0.2, 0.25) is 0 Å². The Bertz CT molecular complexity index is 552. The van der Waals surface area contributed by atoms with Crippen molar-refractivity contribution in [2.75, 3.05) is 18.6 Å². The van der Waals surface area contributed by atoms with Gasteiger partial charge in [0.25, 0.3) is 0 Å². The van der Waals surface area contributed by atoms with E-state index in [0.717, 1.165) is 11.3 Å². The molecule has 94 valence electrons. The van der Waals surface area contributed by atoms with Gasteiger partial charge in [-0.15, -0.1) is 23.5 Å². The Morgan fingerprint density at radius 2 is 2.06 bits per heavy atom. The normalized spacial score (nSPS) is 16.9. The van der Waals surface area contributed by atoms with Crippen molar-refractivity contribution >= 4 is 34.4 Å². The van der Waals surface area contributed by atoms with E-state index in [1.807, 2.05) is 41.9 Å². The lowest BCUT2D eigenvalue weighted by Crippen LogP contribution is -2.01. The van der Waals surface area contributed by atoms with Crippen LogP contribution in [0.4, 0.5) is 0 Å². The molecular formula is C14H15NOS2. The van der Waals surface area contributed by atoms with Crippen LogP contribution in [0.3, 0.4) is 0 Å². The van der Waals surface area contributed by atoms with Gasteiger partial charge in [-0.1, -0.05) is 0 Å². The molecular weight excluding hydrogens is 262 g/mol. The summed E-state index contributed by atoms with van der Waals surface area (Å²) in [5.74, 6) is 3.42. The number of pyridine rings is 1. The highest BCUT2D eigenvalue weighted by molar-refractivity contribution is 8.16. The van der Waals surface area contributed by atoms with E-state index in [4.69, 9.17) is 4.74 Å². The average Bonchev–Trinajstić information content (AvgIpc) is 2.47. The van der Waals surface area contributed by atoms with E-state index < -0.39 is 0 Å². The number of methoxy groups -OCH3 is 1. The van der Waals surface area contributed by atoms with E-state index >= 15 is 0 Å². The standard InChI is InChI=1S/C14H15NOS2/c1-16-10-3-4-13-12(9-10)11(5-6-15-13)14-17-7-2-8-18-14/h3-6,9,14H,2,7-8H2,1H3. The molecule has 0 amide bonds. The minimum absolute atomic E-state index is 0.538. The minimum atomic E-state index is 0.538. The predicted molar refractivity (Wildman–Crippen MR) is 80.6 cm³/mol. The monoisotopic (exact) mass is 277 g/mol. The molecule has 2 aromatic rings. The molecule has 3 rings (SSSR count). The van der Waals surface area contributed by atoms with Crippen molar-refractivity contribution in [1.82, 2.24) is 4.98 Å². The zero-order valence-corrected chi connectivity index (χ0v) is 11.9. The number of hydrogen-bond donors (Lipinski definition) is 0. The van der Waals surface area contributed by atoms with Crippen LogP contribution in [0, 0.1) is 0 Å². The van der Waals surface area contributed by atoms with Crippen LogP contribution in [0.1, 0.15) is 16.6 Å². The van der Waals surface area contributed by atoms with E-state index in [9.17, 15) is 0 Å². The molecule has 0 aliphatic carbocycles. The number of rotatable bonds is 2. The van der Waals surface area contributed by atoms with Gasteiger partial charge in [0.2, 0.25) is 0 Å². The lowest BCUT2D eigenvalue weighted by molar-refractivity contribution is 0.415. The van der Waals surface area contributed by atoms with Gasteiger partial charge in [-0.3, -0.25) is 4.98 Å². The van der Waals surface area contributed by atoms with Crippen molar-refractivity contribution in [3.05, 3.63) is 36.0 Å². The van der Waals surface area contributed by atoms with E-state index in [0.29, 0.717) is 4.58 Å². The Hall–Kier alpha value is -0.870. The number of hydrogen-bond acceptors (Lipinski definition) is 4. The predicted octanol–water partition coefficient (Wildman–Crippen LogP) is 4.11. The number of aromatic nitrogens is 1. The Balaban J connectivity index is 2.09. The molecule has 0 bridgehead atoms. The maximum Gasteiger partial charge on any atom is 0.119 e. The molecule has 1 saturated heterocycles. The van der Waals surface area contributed by atoms with Crippen molar-refractivity contribution in [3.63, 3.8) is 0 Å². The molecule has 0 spiro atoms. The first kappa shape index (κ1) is 12.2. The Morgan fingerprint density at radius 1 is 1.22 bits per heavy atom. The van der Waals surface area contributed by atoms with Crippen molar-refractivity contribution < 1.29 is 4.74 Å². The molecule has 0 N–H and O–H groups in total. The third-order valence-corrected chi connectivity index (χ3v) is 6.04. The summed E-state index contributed by atoms with van der Waals surface area (Å²) in [7, 11) is 1.71. The Kier molecular flexibility index (Phi) is 3.66. The van der Waals surface area contributed by atoms with Crippen LogP contribution >= 0.6 is 23.5 Å². The Morgan fingerprint density at radius 3 is 2.83 bits per heavy atom. The fraction of sp³-hybridized carbons (Fsp3) is 0.357. The second-order valence-corrected chi connectivity index (χ2v) is 6.93. The van der Waals surface area contributed by atoms with Crippen LogP contribution in [-0.4, -0.2) is 23.6 Å². The summed E-state index contributed by atoms with van der Waals surface area (Å²) in [6, 6.07) is 8.27. The molecule has 2 nitrogen and oxygen atoms in total. The van der Waals surface area contributed by atoms with Gasteiger partial charge in [0, 0.05) is 11.6 Å². The largest absolute Gasteiger partial charge is 0.497 e. The topological polar surface area (TPSA) is 22.1 Å². The molecule has 0 saturated carbocycles. The summed E-state index contributed by atoms with van der Waals surface area (Å²) in [4.78, 5) is 4.44. The molecule has 0 atom stereocenters. The van der Waals surface area contributed by atoms with Gasteiger partial charge in [0.1, 0.15) is 5.75 Å². The lowest BCUT2D eigenvalue weighted by Gasteiger charge is -2.22. The van der Waals surface area contributed by atoms with Crippen LogP contribution < -0.4 is 4.74 Å². The van der Waals surface area contributed by atoms with Crippen LogP contribution in [0.5, 0.6) is 5.75 Å². The zero-order valence-electron chi connectivity index (χ0n) is 10.3. The fourth-order valence-electron chi connectivity index (χ4n) is 2.15. The van der Waals surface area contributed by atoms with Gasteiger partial charge in [0.05, 0.1) is 17.2 Å². The molecule has 1 fully saturated rings.